The molecule has 1 aromatic carbocycles. The van der Waals surface area contributed by atoms with Crippen molar-refractivity contribution in [2.45, 2.75) is 6.42 Å². The van der Waals surface area contributed by atoms with Crippen molar-refractivity contribution in [1.82, 2.24) is 0 Å². The van der Waals surface area contributed by atoms with Gasteiger partial charge in [-0.1, -0.05) is 28.1 Å². The number of carbonyl (C=O) groups is 1. The molecule has 0 aliphatic heterocycles. The summed E-state index contributed by atoms with van der Waals surface area (Å²) in [4.78, 5) is 11.1. The Balaban J connectivity index is 2.89. The summed E-state index contributed by atoms with van der Waals surface area (Å²) >= 11 is 6.26. The summed E-state index contributed by atoms with van der Waals surface area (Å²) in [6, 6.07) is 5.26. The Morgan fingerprint density at radius 2 is 2.15 bits per heavy atom. The largest absolute Gasteiger partial charge is 0.506 e. The molecule has 0 saturated heterocycles. The maximum atomic E-state index is 11.1. The minimum Gasteiger partial charge on any atom is -0.506 e. The van der Waals surface area contributed by atoms with E-state index in [0.717, 1.165) is 0 Å². The number of benzene rings is 1. The van der Waals surface area contributed by atoms with Crippen LogP contribution in [0.2, 0.25) is 0 Å². The number of alkyl halides is 1. The predicted molar refractivity (Wildman–Crippen MR) is 58.3 cm³/mol. The quantitative estimate of drug-likeness (QED) is 0.872. The molecule has 1 rings (SSSR count). The van der Waals surface area contributed by atoms with E-state index in [1.54, 1.807) is 18.2 Å². The normalized spacial score (nSPS) is 10.0. The van der Waals surface area contributed by atoms with Gasteiger partial charge in [0.25, 0.3) is 0 Å². The van der Waals surface area contributed by atoms with Crippen LogP contribution in [0.25, 0.3) is 0 Å². The summed E-state index contributed by atoms with van der Waals surface area (Å²) in [6.45, 7) is 0. The van der Waals surface area contributed by atoms with E-state index in [9.17, 15) is 9.90 Å². The molecule has 0 bridgehead atoms. The second-order valence-corrected chi connectivity index (χ2v) is 4.01. The van der Waals surface area contributed by atoms with Gasteiger partial charge in [0.15, 0.2) is 0 Å². The Bertz CT molecular complexity index is 323. The van der Waals surface area contributed by atoms with Crippen LogP contribution in [0.3, 0.4) is 0 Å². The lowest BCUT2D eigenvalue weighted by atomic mass is 10.1. The molecule has 0 spiro atoms. The Kier molecular flexibility index (Phi) is 3.93. The zero-order chi connectivity index (χ0) is 9.84. The van der Waals surface area contributed by atoms with Crippen LogP contribution in [-0.4, -0.2) is 16.2 Å². The second-order valence-electron chi connectivity index (χ2n) is 2.60. The fourth-order valence-electron chi connectivity index (χ4n) is 0.962. The molecule has 2 nitrogen and oxygen atoms in total. The van der Waals surface area contributed by atoms with E-state index in [0.29, 0.717) is 15.4 Å². The average molecular weight is 308 g/mol. The van der Waals surface area contributed by atoms with E-state index >= 15 is 0 Å². The lowest BCUT2D eigenvalue weighted by Gasteiger charge is -2.03. The third-order valence-electron chi connectivity index (χ3n) is 1.61. The first-order valence-electron chi connectivity index (χ1n) is 3.69. The fourth-order valence-corrected chi connectivity index (χ4v) is 1.57. The number of hydrogen-bond acceptors (Lipinski definition) is 2. The van der Waals surface area contributed by atoms with Crippen LogP contribution in [-0.2, 0) is 11.2 Å². The highest BCUT2D eigenvalue weighted by atomic mass is 79.9. The standard InChI is InChI=1S/C9H8Br2O2/c10-5-7(12)4-6-2-1-3-8(11)9(6)13/h1-3,13H,4-5H2. The van der Waals surface area contributed by atoms with E-state index in [4.69, 9.17) is 0 Å². The topological polar surface area (TPSA) is 37.3 Å². The van der Waals surface area contributed by atoms with Crippen LogP contribution in [0, 0.1) is 0 Å². The summed E-state index contributed by atoms with van der Waals surface area (Å²) in [6.07, 6.45) is 0.260. The van der Waals surface area contributed by atoms with E-state index in [1.165, 1.54) is 0 Å². The highest BCUT2D eigenvalue weighted by molar-refractivity contribution is 9.10. The van der Waals surface area contributed by atoms with Crippen LogP contribution >= 0.6 is 31.9 Å². The molecule has 0 saturated carbocycles. The number of hydrogen-bond donors (Lipinski definition) is 1. The molecule has 0 atom stereocenters. The molecule has 1 aromatic rings. The van der Waals surface area contributed by atoms with Gasteiger partial charge in [0.1, 0.15) is 11.5 Å². The van der Waals surface area contributed by atoms with Crippen molar-refractivity contribution in [1.29, 1.82) is 0 Å². The third kappa shape index (κ3) is 2.81. The minimum atomic E-state index is 0.0494. The van der Waals surface area contributed by atoms with Gasteiger partial charge < -0.3 is 5.11 Å². The number of phenols is 1. The summed E-state index contributed by atoms with van der Waals surface area (Å²) in [5.74, 6) is 0.199. The van der Waals surface area contributed by atoms with E-state index in [2.05, 4.69) is 31.9 Å². The number of aromatic hydroxyl groups is 1. The summed E-state index contributed by atoms with van der Waals surface area (Å²) in [5.41, 5.74) is 0.652. The smallest absolute Gasteiger partial charge is 0.147 e. The van der Waals surface area contributed by atoms with Gasteiger partial charge in [-0.2, -0.15) is 0 Å². The maximum absolute atomic E-state index is 11.1. The number of phenolic OH excluding ortho intramolecular Hbond substituents is 1. The van der Waals surface area contributed by atoms with Crippen LogP contribution in [0.5, 0.6) is 5.75 Å². The molecule has 1 N–H and O–H groups in total. The van der Waals surface area contributed by atoms with Crippen LogP contribution in [0.1, 0.15) is 5.56 Å². The molecule has 0 aliphatic rings. The van der Waals surface area contributed by atoms with Gasteiger partial charge in [0.2, 0.25) is 0 Å². The van der Waals surface area contributed by atoms with Crippen molar-refractivity contribution in [3.63, 3.8) is 0 Å². The van der Waals surface area contributed by atoms with Crippen molar-refractivity contribution in [3.05, 3.63) is 28.2 Å². The summed E-state index contributed by atoms with van der Waals surface area (Å²) in [5, 5.41) is 9.85. The molecule has 0 aromatic heterocycles. The van der Waals surface area contributed by atoms with Crippen molar-refractivity contribution in [2.24, 2.45) is 0 Å². The van der Waals surface area contributed by atoms with Crippen molar-refractivity contribution in [2.75, 3.05) is 5.33 Å². The average Bonchev–Trinajstić information content (AvgIpc) is 2.13. The monoisotopic (exact) mass is 306 g/mol. The van der Waals surface area contributed by atoms with Gasteiger partial charge in [-0.15, -0.1) is 0 Å². The molecular weight excluding hydrogens is 300 g/mol. The number of Topliss-reactive ketones (excluding diaryl/α,β-unsaturated/α-hetero) is 1. The van der Waals surface area contributed by atoms with Gasteiger partial charge in [0, 0.05) is 12.0 Å². The zero-order valence-electron chi connectivity index (χ0n) is 6.76. The van der Waals surface area contributed by atoms with Crippen molar-refractivity contribution < 1.29 is 9.90 Å². The van der Waals surface area contributed by atoms with Gasteiger partial charge in [-0.3, -0.25) is 4.79 Å². The molecule has 13 heavy (non-hydrogen) atoms. The highest BCUT2D eigenvalue weighted by Crippen LogP contribution is 2.27. The second kappa shape index (κ2) is 4.77. The van der Waals surface area contributed by atoms with Gasteiger partial charge in [-0.25, -0.2) is 0 Å². The lowest BCUT2D eigenvalue weighted by Crippen LogP contribution is -2.03. The molecule has 0 radical (unpaired) electrons. The number of para-hydroxylation sites is 1. The number of ketones is 1. The SMILES string of the molecule is O=C(CBr)Cc1cccc(Br)c1O. The number of rotatable bonds is 3. The molecule has 0 unspecified atom stereocenters. The first-order chi connectivity index (χ1) is 6.15. The number of halogens is 2. The third-order valence-corrected chi connectivity index (χ3v) is 2.87. The van der Waals surface area contributed by atoms with E-state index < -0.39 is 0 Å². The highest BCUT2D eigenvalue weighted by Gasteiger charge is 2.08. The Labute approximate surface area is 93.2 Å². The number of carbonyl (C=O) groups excluding carboxylic acids is 1. The summed E-state index contributed by atoms with van der Waals surface area (Å²) in [7, 11) is 0. The summed E-state index contributed by atoms with van der Waals surface area (Å²) < 4.78 is 0.618. The maximum Gasteiger partial charge on any atom is 0.147 e. The van der Waals surface area contributed by atoms with Crippen molar-refractivity contribution in [3.8, 4) is 5.75 Å². The molecule has 0 fully saturated rings. The minimum absolute atomic E-state index is 0.0494. The Morgan fingerprint density at radius 3 is 2.77 bits per heavy atom. The molecular formula is C9H8Br2O2. The van der Waals surface area contributed by atoms with E-state index in [-0.39, 0.29) is 18.0 Å². The first kappa shape index (κ1) is 10.7. The molecule has 0 aliphatic carbocycles. The fraction of sp³-hybridized carbons (Fsp3) is 0.222. The molecule has 70 valence electrons. The predicted octanol–water partition coefficient (Wildman–Crippen LogP) is 2.66. The molecule has 4 heteroatoms. The Morgan fingerprint density at radius 1 is 1.46 bits per heavy atom. The van der Waals surface area contributed by atoms with Gasteiger partial charge in [0.05, 0.1) is 9.80 Å². The van der Waals surface area contributed by atoms with Crippen LogP contribution in [0.15, 0.2) is 22.7 Å². The molecule has 0 heterocycles. The van der Waals surface area contributed by atoms with Gasteiger partial charge >= 0.3 is 0 Å². The Hall–Kier alpha value is -0.350. The van der Waals surface area contributed by atoms with E-state index in [1.807, 2.05) is 0 Å². The van der Waals surface area contributed by atoms with Crippen molar-refractivity contribution >= 4 is 37.6 Å². The molecule has 0 amide bonds. The van der Waals surface area contributed by atoms with Crippen LogP contribution in [0.4, 0.5) is 0 Å². The lowest BCUT2D eigenvalue weighted by molar-refractivity contribution is -0.115. The zero-order valence-corrected chi connectivity index (χ0v) is 9.93. The van der Waals surface area contributed by atoms with Crippen LogP contribution < -0.4 is 0 Å². The first-order valence-corrected chi connectivity index (χ1v) is 5.60. The van der Waals surface area contributed by atoms with Gasteiger partial charge in [-0.05, 0) is 22.0 Å².